The maximum atomic E-state index is 14.0. The van der Waals surface area contributed by atoms with Gasteiger partial charge in [0.2, 0.25) is 5.91 Å². The van der Waals surface area contributed by atoms with Crippen LogP contribution in [0.25, 0.3) is 0 Å². The van der Waals surface area contributed by atoms with E-state index in [1.807, 2.05) is 36.4 Å². The lowest BCUT2D eigenvalue weighted by atomic mass is 10.2. The molecule has 5 nitrogen and oxygen atoms in total. The third-order valence-electron chi connectivity index (χ3n) is 3.25. The van der Waals surface area contributed by atoms with Crippen molar-refractivity contribution in [2.24, 2.45) is 5.92 Å². The van der Waals surface area contributed by atoms with Crippen LogP contribution in [0.2, 0.25) is 0 Å². The fraction of sp³-hybridized carbons (Fsp3) is 0.467. The van der Waals surface area contributed by atoms with Gasteiger partial charge in [0.25, 0.3) is 0 Å². The fourth-order valence-electron chi connectivity index (χ4n) is 2.18. The Labute approximate surface area is 142 Å². The Morgan fingerprint density at radius 2 is 2.27 bits per heavy atom. The first-order valence-electron chi connectivity index (χ1n) is 7.08. The van der Waals surface area contributed by atoms with E-state index in [-0.39, 0.29) is 17.5 Å². The highest BCUT2D eigenvalue weighted by Crippen LogP contribution is 2.26. The van der Waals surface area contributed by atoms with E-state index in [0.29, 0.717) is 19.6 Å². The SMILES string of the molecule is CC(C)COC(=O)NC1CCN(c2ccc(I)cc2F)C1=O. The lowest BCUT2D eigenvalue weighted by molar-refractivity contribution is -0.118. The molecule has 2 amide bonds. The molecule has 0 spiro atoms. The standard InChI is InChI=1S/C15H18FIN2O3/c1-9(2)8-22-15(21)18-12-5-6-19(14(12)20)13-4-3-10(17)7-11(13)16/h3-4,7,9,12H,5-6,8H2,1-2H3,(H,18,21). The fourth-order valence-corrected chi connectivity index (χ4v) is 2.63. The van der Waals surface area contributed by atoms with Crippen molar-refractivity contribution >= 4 is 40.3 Å². The van der Waals surface area contributed by atoms with Gasteiger partial charge in [-0.3, -0.25) is 4.79 Å². The normalized spacial score (nSPS) is 18.0. The van der Waals surface area contributed by atoms with Crippen LogP contribution < -0.4 is 10.2 Å². The molecule has 120 valence electrons. The molecule has 7 heteroatoms. The summed E-state index contributed by atoms with van der Waals surface area (Å²) in [6.45, 7) is 4.51. The minimum absolute atomic E-state index is 0.224. The van der Waals surface area contributed by atoms with Crippen molar-refractivity contribution in [2.45, 2.75) is 26.3 Å². The van der Waals surface area contributed by atoms with Crippen molar-refractivity contribution in [3.63, 3.8) is 0 Å². The number of rotatable bonds is 4. The first kappa shape index (κ1) is 17.0. The first-order chi connectivity index (χ1) is 10.4. The van der Waals surface area contributed by atoms with Crippen LogP contribution in [-0.4, -0.2) is 31.2 Å². The molecule has 0 radical (unpaired) electrons. The van der Waals surface area contributed by atoms with Gasteiger partial charge in [-0.2, -0.15) is 0 Å². The van der Waals surface area contributed by atoms with Gasteiger partial charge in [-0.25, -0.2) is 9.18 Å². The summed E-state index contributed by atoms with van der Waals surface area (Å²) in [4.78, 5) is 25.3. The number of hydrogen-bond donors (Lipinski definition) is 1. The second kappa shape index (κ2) is 7.26. The molecule has 1 fully saturated rings. The molecule has 1 aliphatic rings. The summed E-state index contributed by atoms with van der Waals surface area (Å²) in [5.41, 5.74) is 0.241. The number of nitrogens with zero attached hydrogens (tertiary/aromatic N) is 1. The molecule has 1 aromatic carbocycles. The molecule has 1 saturated heterocycles. The van der Waals surface area contributed by atoms with Crippen LogP contribution in [0.5, 0.6) is 0 Å². The molecule has 2 rings (SSSR count). The first-order valence-corrected chi connectivity index (χ1v) is 8.16. The molecule has 22 heavy (non-hydrogen) atoms. The van der Waals surface area contributed by atoms with Crippen LogP contribution in [-0.2, 0) is 9.53 Å². The van der Waals surface area contributed by atoms with Crippen LogP contribution in [0, 0.1) is 15.3 Å². The van der Waals surface area contributed by atoms with Gasteiger partial charge >= 0.3 is 6.09 Å². The minimum atomic E-state index is -0.668. The zero-order valence-electron chi connectivity index (χ0n) is 12.4. The van der Waals surface area contributed by atoms with Crippen molar-refractivity contribution in [2.75, 3.05) is 18.1 Å². The molecular weight excluding hydrogens is 402 g/mol. The van der Waals surface area contributed by atoms with Gasteiger partial charge < -0.3 is 15.0 Å². The van der Waals surface area contributed by atoms with Crippen LogP contribution in [0.3, 0.4) is 0 Å². The largest absolute Gasteiger partial charge is 0.449 e. The Hall–Kier alpha value is -1.38. The number of carbonyl (C=O) groups is 2. The average molecular weight is 420 g/mol. The molecule has 1 unspecified atom stereocenters. The van der Waals surface area contributed by atoms with E-state index >= 15 is 0 Å². The van der Waals surface area contributed by atoms with E-state index in [1.54, 1.807) is 12.1 Å². The molecule has 1 aromatic rings. The molecule has 0 aromatic heterocycles. The van der Waals surface area contributed by atoms with Crippen molar-refractivity contribution in [3.8, 4) is 0 Å². The Kier molecular flexibility index (Phi) is 5.60. The van der Waals surface area contributed by atoms with Crippen LogP contribution in [0.15, 0.2) is 18.2 Å². The third-order valence-corrected chi connectivity index (χ3v) is 3.92. The summed E-state index contributed by atoms with van der Waals surface area (Å²) in [6.07, 6.45) is -0.182. The Balaban J connectivity index is 1.99. The number of amides is 2. The smallest absolute Gasteiger partial charge is 0.407 e. The molecule has 1 atom stereocenters. The van der Waals surface area contributed by atoms with E-state index in [9.17, 15) is 14.0 Å². The Morgan fingerprint density at radius 1 is 1.55 bits per heavy atom. The number of ether oxygens (including phenoxy) is 1. The predicted molar refractivity (Wildman–Crippen MR) is 89.2 cm³/mol. The number of alkyl carbamates (subject to hydrolysis) is 1. The van der Waals surface area contributed by atoms with Gasteiger partial charge in [-0.15, -0.1) is 0 Å². The van der Waals surface area contributed by atoms with E-state index in [2.05, 4.69) is 5.32 Å². The number of anilines is 1. The minimum Gasteiger partial charge on any atom is -0.449 e. The maximum absolute atomic E-state index is 14.0. The quantitative estimate of drug-likeness (QED) is 0.763. The molecule has 0 saturated carbocycles. The highest BCUT2D eigenvalue weighted by Gasteiger charge is 2.35. The van der Waals surface area contributed by atoms with Gasteiger partial charge in [-0.05, 0) is 53.1 Å². The number of hydrogen-bond acceptors (Lipinski definition) is 3. The van der Waals surface area contributed by atoms with Crippen molar-refractivity contribution in [1.29, 1.82) is 0 Å². The summed E-state index contributed by atoms with van der Waals surface area (Å²) in [6, 6.07) is 4.03. The zero-order valence-corrected chi connectivity index (χ0v) is 14.6. The van der Waals surface area contributed by atoms with Crippen molar-refractivity contribution < 1.29 is 18.7 Å². The zero-order chi connectivity index (χ0) is 16.3. The van der Waals surface area contributed by atoms with Gasteiger partial charge in [0, 0.05) is 10.1 Å². The maximum Gasteiger partial charge on any atom is 0.407 e. The molecule has 1 N–H and O–H groups in total. The summed E-state index contributed by atoms with van der Waals surface area (Å²) in [5, 5.41) is 2.54. The topological polar surface area (TPSA) is 58.6 Å². The summed E-state index contributed by atoms with van der Waals surface area (Å²) < 4.78 is 19.7. The van der Waals surface area contributed by atoms with Crippen molar-refractivity contribution in [3.05, 3.63) is 27.6 Å². The van der Waals surface area contributed by atoms with Gasteiger partial charge in [0.1, 0.15) is 11.9 Å². The molecule has 0 bridgehead atoms. The van der Waals surface area contributed by atoms with Crippen LogP contribution in [0.1, 0.15) is 20.3 Å². The lowest BCUT2D eigenvalue weighted by Gasteiger charge is -2.18. The Bertz CT molecular complexity index is 580. The summed E-state index contributed by atoms with van der Waals surface area (Å²) >= 11 is 2.01. The summed E-state index contributed by atoms with van der Waals surface area (Å²) in [5.74, 6) is -0.535. The number of carbonyl (C=O) groups excluding carboxylic acids is 2. The van der Waals surface area contributed by atoms with Gasteiger partial charge in [-0.1, -0.05) is 13.8 Å². The second-order valence-electron chi connectivity index (χ2n) is 5.56. The monoisotopic (exact) mass is 420 g/mol. The van der Waals surface area contributed by atoms with Crippen LogP contribution in [0.4, 0.5) is 14.9 Å². The highest BCUT2D eigenvalue weighted by atomic mass is 127. The van der Waals surface area contributed by atoms with E-state index in [1.165, 1.54) is 11.0 Å². The third kappa shape index (κ3) is 4.08. The molecule has 1 aliphatic heterocycles. The van der Waals surface area contributed by atoms with Gasteiger partial charge in [0.05, 0.1) is 12.3 Å². The highest BCUT2D eigenvalue weighted by molar-refractivity contribution is 14.1. The van der Waals surface area contributed by atoms with Gasteiger partial charge in [0.15, 0.2) is 0 Å². The molecular formula is C15H18FIN2O3. The van der Waals surface area contributed by atoms with E-state index in [0.717, 1.165) is 3.57 Å². The number of halogens is 2. The Morgan fingerprint density at radius 3 is 2.91 bits per heavy atom. The number of benzene rings is 1. The lowest BCUT2D eigenvalue weighted by Crippen LogP contribution is -2.42. The predicted octanol–water partition coefficient (Wildman–Crippen LogP) is 2.92. The second-order valence-corrected chi connectivity index (χ2v) is 6.81. The molecule has 0 aliphatic carbocycles. The van der Waals surface area contributed by atoms with E-state index < -0.39 is 18.0 Å². The number of nitrogens with one attached hydrogen (secondary N) is 1. The molecule has 1 heterocycles. The average Bonchev–Trinajstić information content (AvgIpc) is 2.78. The van der Waals surface area contributed by atoms with E-state index in [4.69, 9.17) is 4.74 Å². The summed E-state index contributed by atoms with van der Waals surface area (Å²) in [7, 11) is 0. The van der Waals surface area contributed by atoms with Crippen LogP contribution >= 0.6 is 22.6 Å². The van der Waals surface area contributed by atoms with Crippen molar-refractivity contribution in [1.82, 2.24) is 5.32 Å².